The molecule has 4 rings (SSSR count). The maximum absolute atomic E-state index is 13.1. The van der Waals surface area contributed by atoms with Crippen LogP contribution in [0.3, 0.4) is 0 Å². The molecule has 1 heterocycles. The molecule has 0 bridgehead atoms. The second-order valence-corrected chi connectivity index (χ2v) is 9.03. The average molecular weight is 501 g/mol. The van der Waals surface area contributed by atoms with E-state index in [9.17, 15) is 9.59 Å². The van der Waals surface area contributed by atoms with Crippen molar-refractivity contribution >= 4 is 29.4 Å². The molecule has 3 aromatic carbocycles. The van der Waals surface area contributed by atoms with Crippen LogP contribution in [0.15, 0.2) is 102 Å². The number of nitrogens with one attached hydrogen (secondary N) is 1. The number of methoxy groups -OCH3 is 1. The molecule has 184 valence electrons. The first-order chi connectivity index (χ1) is 17.6. The Morgan fingerprint density at radius 2 is 1.58 bits per heavy atom. The molecule has 0 atom stereocenters. The SMILES string of the molecule is COCCN(CC(=O)Nc1cc(-c2ccccc2)nn1-c1ccccc1)C(=O)CSc1ccccc1. The minimum Gasteiger partial charge on any atom is -0.383 e. The molecular weight excluding hydrogens is 472 g/mol. The lowest BCUT2D eigenvalue weighted by molar-refractivity contribution is -0.133. The first-order valence-electron chi connectivity index (χ1n) is 11.6. The molecule has 4 aromatic rings. The minimum absolute atomic E-state index is 0.0851. The van der Waals surface area contributed by atoms with E-state index in [1.807, 2.05) is 97.1 Å². The number of carbonyl (C=O) groups is 2. The van der Waals surface area contributed by atoms with Crippen LogP contribution in [-0.4, -0.2) is 59.1 Å². The molecule has 0 fully saturated rings. The Hall–Kier alpha value is -3.88. The smallest absolute Gasteiger partial charge is 0.245 e. The number of hydrogen-bond acceptors (Lipinski definition) is 5. The van der Waals surface area contributed by atoms with Gasteiger partial charge in [0.25, 0.3) is 0 Å². The van der Waals surface area contributed by atoms with Crippen molar-refractivity contribution in [2.45, 2.75) is 4.90 Å². The molecule has 0 aliphatic carbocycles. The summed E-state index contributed by atoms with van der Waals surface area (Å²) in [5.74, 6) is 0.336. The Morgan fingerprint density at radius 3 is 2.25 bits per heavy atom. The number of carbonyl (C=O) groups excluding carboxylic acids is 2. The number of hydrogen-bond donors (Lipinski definition) is 1. The predicted octanol–water partition coefficient (Wildman–Crippen LogP) is 4.75. The number of nitrogens with zero attached hydrogens (tertiary/aromatic N) is 3. The first-order valence-corrected chi connectivity index (χ1v) is 12.6. The third kappa shape index (κ3) is 6.84. The lowest BCUT2D eigenvalue weighted by Crippen LogP contribution is -2.41. The highest BCUT2D eigenvalue weighted by Gasteiger charge is 2.20. The zero-order valence-corrected chi connectivity index (χ0v) is 20.9. The molecule has 8 heteroatoms. The number of ether oxygens (including phenoxy) is 1. The fraction of sp³-hybridized carbons (Fsp3) is 0.179. The summed E-state index contributed by atoms with van der Waals surface area (Å²) in [7, 11) is 1.57. The molecule has 0 aliphatic rings. The summed E-state index contributed by atoms with van der Waals surface area (Å²) in [5.41, 5.74) is 2.50. The molecule has 1 N–H and O–H groups in total. The Kier molecular flexibility index (Phi) is 8.91. The maximum atomic E-state index is 13.1. The van der Waals surface area contributed by atoms with Gasteiger partial charge in [-0.2, -0.15) is 5.10 Å². The van der Waals surface area contributed by atoms with Crippen molar-refractivity contribution in [1.29, 1.82) is 0 Å². The number of aromatic nitrogens is 2. The van der Waals surface area contributed by atoms with Crippen LogP contribution < -0.4 is 5.32 Å². The highest BCUT2D eigenvalue weighted by molar-refractivity contribution is 8.00. The minimum atomic E-state index is -0.305. The van der Waals surface area contributed by atoms with Crippen molar-refractivity contribution in [2.24, 2.45) is 0 Å². The van der Waals surface area contributed by atoms with E-state index in [1.165, 1.54) is 16.7 Å². The standard InChI is InChI=1S/C28H28N4O3S/c1-35-18-17-31(28(34)21-36-24-15-9-4-10-16-24)20-27(33)29-26-19-25(22-11-5-2-6-12-22)30-32(26)23-13-7-3-8-14-23/h2-16,19H,17-18,20-21H2,1H3,(H,29,33). The fourth-order valence-corrected chi connectivity index (χ4v) is 4.41. The summed E-state index contributed by atoms with van der Waals surface area (Å²) in [5, 5.41) is 7.68. The van der Waals surface area contributed by atoms with E-state index in [-0.39, 0.29) is 24.1 Å². The summed E-state index contributed by atoms with van der Waals surface area (Å²) in [6.45, 7) is 0.582. The number of amides is 2. The zero-order valence-electron chi connectivity index (χ0n) is 20.0. The van der Waals surface area contributed by atoms with E-state index in [0.717, 1.165) is 21.8 Å². The van der Waals surface area contributed by atoms with Gasteiger partial charge in [-0.3, -0.25) is 9.59 Å². The number of benzene rings is 3. The van der Waals surface area contributed by atoms with Gasteiger partial charge in [0.05, 0.1) is 23.7 Å². The highest BCUT2D eigenvalue weighted by Crippen LogP contribution is 2.25. The summed E-state index contributed by atoms with van der Waals surface area (Å²) in [4.78, 5) is 28.6. The molecular formula is C28H28N4O3S. The fourth-order valence-electron chi connectivity index (χ4n) is 3.59. The third-order valence-electron chi connectivity index (χ3n) is 5.41. The van der Waals surface area contributed by atoms with Crippen LogP contribution in [0.2, 0.25) is 0 Å². The van der Waals surface area contributed by atoms with Gasteiger partial charge in [-0.05, 0) is 24.3 Å². The second kappa shape index (κ2) is 12.7. The lowest BCUT2D eigenvalue weighted by Gasteiger charge is -2.22. The molecule has 0 aliphatic heterocycles. The summed E-state index contributed by atoms with van der Waals surface area (Å²) in [6.07, 6.45) is 0. The van der Waals surface area contributed by atoms with Crippen LogP contribution in [0.5, 0.6) is 0 Å². The van der Waals surface area contributed by atoms with Crippen LogP contribution in [0, 0.1) is 0 Å². The maximum Gasteiger partial charge on any atom is 0.245 e. The molecule has 7 nitrogen and oxygen atoms in total. The van der Waals surface area contributed by atoms with E-state index < -0.39 is 0 Å². The van der Waals surface area contributed by atoms with Crippen molar-refractivity contribution in [3.63, 3.8) is 0 Å². The number of anilines is 1. The van der Waals surface area contributed by atoms with E-state index in [0.29, 0.717) is 19.0 Å². The first kappa shape index (κ1) is 25.2. The van der Waals surface area contributed by atoms with E-state index in [4.69, 9.17) is 9.84 Å². The predicted molar refractivity (Wildman–Crippen MR) is 143 cm³/mol. The van der Waals surface area contributed by atoms with Gasteiger partial charge < -0.3 is 15.0 Å². The van der Waals surface area contributed by atoms with Crippen molar-refractivity contribution in [3.05, 3.63) is 97.1 Å². The molecule has 2 amide bonds. The van der Waals surface area contributed by atoms with Gasteiger partial charge in [0.2, 0.25) is 11.8 Å². The number of rotatable bonds is 11. The van der Waals surface area contributed by atoms with Gasteiger partial charge in [-0.25, -0.2) is 4.68 Å². The van der Waals surface area contributed by atoms with E-state index in [1.54, 1.807) is 11.8 Å². The van der Waals surface area contributed by atoms with Gasteiger partial charge in [0.1, 0.15) is 12.4 Å². The number of para-hydroxylation sites is 1. The average Bonchev–Trinajstić information content (AvgIpc) is 3.34. The van der Waals surface area contributed by atoms with Crippen molar-refractivity contribution < 1.29 is 14.3 Å². The topological polar surface area (TPSA) is 76.5 Å². The molecule has 0 spiro atoms. The monoisotopic (exact) mass is 500 g/mol. The Bertz CT molecular complexity index is 1260. The lowest BCUT2D eigenvalue weighted by atomic mass is 10.1. The van der Waals surface area contributed by atoms with Gasteiger partial charge in [-0.15, -0.1) is 11.8 Å². The largest absolute Gasteiger partial charge is 0.383 e. The Morgan fingerprint density at radius 1 is 0.944 bits per heavy atom. The van der Waals surface area contributed by atoms with E-state index >= 15 is 0 Å². The van der Waals surface area contributed by atoms with Crippen LogP contribution in [0.25, 0.3) is 16.9 Å². The highest BCUT2D eigenvalue weighted by atomic mass is 32.2. The molecule has 1 aromatic heterocycles. The van der Waals surface area contributed by atoms with Gasteiger partial charge in [0, 0.05) is 30.2 Å². The quantitative estimate of drug-likeness (QED) is 0.301. The molecule has 0 unspecified atom stereocenters. The van der Waals surface area contributed by atoms with Crippen LogP contribution in [-0.2, 0) is 14.3 Å². The number of thioether (sulfide) groups is 1. The van der Waals surface area contributed by atoms with Crippen LogP contribution >= 0.6 is 11.8 Å². The third-order valence-corrected chi connectivity index (χ3v) is 6.40. The summed E-state index contributed by atoms with van der Waals surface area (Å²) >= 11 is 1.44. The van der Waals surface area contributed by atoms with Gasteiger partial charge in [-0.1, -0.05) is 66.7 Å². The normalized spacial score (nSPS) is 10.7. The molecule has 36 heavy (non-hydrogen) atoms. The van der Waals surface area contributed by atoms with Gasteiger partial charge in [0.15, 0.2) is 0 Å². The van der Waals surface area contributed by atoms with Crippen molar-refractivity contribution in [2.75, 3.05) is 37.9 Å². The van der Waals surface area contributed by atoms with E-state index in [2.05, 4.69) is 5.32 Å². The molecule has 0 radical (unpaired) electrons. The van der Waals surface area contributed by atoms with Crippen molar-refractivity contribution in [3.8, 4) is 16.9 Å². The molecule has 0 saturated carbocycles. The van der Waals surface area contributed by atoms with Gasteiger partial charge >= 0.3 is 0 Å². The Balaban J connectivity index is 1.50. The van der Waals surface area contributed by atoms with Crippen LogP contribution in [0.4, 0.5) is 5.82 Å². The summed E-state index contributed by atoms with van der Waals surface area (Å²) < 4.78 is 6.87. The van der Waals surface area contributed by atoms with Crippen molar-refractivity contribution in [1.82, 2.24) is 14.7 Å². The second-order valence-electron chi connectivity index (χ2n) is 7.99. The zero-order chi connectivity index (χ0) is 25.2. The molecule has 0 saturated heterocycles. The van der Waals surface area contributed by atoms with Crippen LogP contribution in [0.1, 0.15) is 0 Å². The Labute approximate surface area is 215 Å². The summed E-state index contributed by atoms with van der Waals surface area (Å²) in [6, 6.07) is 30.9.